The number of amides is 1. The second-order valence-electron chi connectivity index (χ2n) is 8.35. The number of hydrogen-bond donors (Lipinski definition) is 0. The molecule has 1 fully saturated rings. The van der Waals surface area contributed by atoms with Gasteiger partial charge in [0.15, 0.2) is 5.82 Å². The van der Waals surface area contributed by atoms with E-state index in [1.807, 2.05) is 74.0 Å². The number of carbonyl (C=O) groups excluding carboxylic acids is 1. The van der Waals surface area contributed by atoms with Crippen molar-refractivity contribution < 1.29 is 4.79 Å². The summed E-state index contributed by atoms with van der Waals surface area (Å²) < 4.78 is 2.09. The summed E-state index contributed by atoms with van der Waals surface area (Å²) in [5, 5.41) is 0. The molecule has 4 aromatic rings. The average molecular weight is 424 g/mol. The Morgan fingerprint density at radius 1 is 0.969 bits per heavy atom. The average Bonchev–Trinajstić information content (AvgIpc) is 3.56. The van der Waals surface area contributed by atoms with Gasteiger partial charge in [-0.2, -0.15) is 0 Å². The van der Waals surface area contributed by atoms with Crippen molar-refractivity contribution >= 4 is 5.91 Å². The van der Waals surface area contributed by atoms with Crippen LogP contribution in [0.1, 0.15) is 29.0 Å². The van der Waals surface area contributed by atoms with Crippen molar-refractivity contribution in [1.29, 1.82) is 0 Å². The standard InChI is InChI=1S/C26H25N5O/c1-30(18-23-9-5-6-12-27-23)26(32)24-13-21(17-31(24)16-19-10-11-19)22-14-28-25(29-15-22)20-7-3-2-4-8-20/h2-9,12-15,17,19H,10-11,16,18H2,1H3. The van der Waals surface area contributed by atoms with E-state index in [-0.39, 0.29) is 5.91 Å². The first-order valence-electron chi connectivity index (χ1n) is 10.9. The van der Waals surface area contributed by atoms with E-state index in [1.54, 1.807) is 11.1 Å². The van der Waals surface area contributed by atoms with Gasteiger partial charge in [0.25, 0.3) is 5.91 Å². The lowest BCUT2D eigenvalue weighted by Crippen LogP contribution is -2.28. The van der Waals surface area contributed by atoms with Gasteiger partial charge in [0.1, 0.15) is 5.69 Å². The second kappa shape index (κ2) is 8.75. The van der Waals surface area contributed by atoms with Crippen molar-refractivity contribution in [3.63, 3.8) is 0 Å². The van der Waals surface area contributed by atoms with Crippen LogP contribution < -0.4 is 0 Å². The molecule has 1 aliphatic rings. The Morgan fingerprint density at radius 2 is 1.72 bits per heavy atom. The molecule has 0 spiro atoms. The Labute approximate surface area is 187 Å². The van der Waals surface area contributed by atoms with Crippen molar-refractivity contribution in [2.45, 2.75) is 25.9 Å². The lowest BCUT2D eigenvalue weighted by Gasteiger charge is -2.18. The summed E-state index contributed by atoms with van der Waals surface area (Å²) in [6.07, 6.45) is 9.91. The molecule has 5 rings (SSSR count). The Balaban J connectivity index is 1.41. The van der Waals surface area contributed by atoms with Gasteiger partial charge in [0, 0.05) is 55.1 Å². The molecule has 3 heterocycles. The van der Waals surface area contributed by atoms with Crippen molar-refractivity contribution in [3.8, 4) is 22.5 Å². The van der Waals surface area contributed by atoms with Crippen molar-refractivity contribution in [3.05, 3.63) is 90.8 Å². The van der Waals surface area contributed by atoms with Crippen LogP contribution in [0.4, 0.5) is 0 Å². The molecule has 1 amide bonds. The van der Waals surface area contributed by atoms with Gasteiger partial charge in [-0.05, 0) is 37.0 Å². The van der Waals surface area contributed by atoms with Gasteiger partial charge in [-0.3, -0.25) is 9.78 Å². The molecule has 160 valence electrons. The zero-order chi connectivity index (χ0) is 21.9. The topological polar surface area (TPSA) is 63.9 Å². The van der Waals surface area contributed by atoms with Crippen molar-refractivity contribution in [1.82, 2.24) is 24.4 Å². The Hall–Kier alpha value is -3.80. The summed E-state index contributed by atoms with van der Waals surface area (Å²) in [6, 6.07) is 17.6. The predicted octanol–water partition coefficient (Wildman–Crippen LogP) is 4.69. The van der Waals surface area contributed by atoms with Gasteiger partial charge in [0.2, 0.25) is 0 Å². The summed E-state index contributed by atoms with van der Waals surface area (Å²) in [4.78, 5) is 28.5. The number of rotatable bonds is 7. The molecule has 0 unspecified atom stereocenters. The summed E-state index contributed by atoms with van der Waals surface area (Å²) in [5.74, 6) is 1.34. The Kier molecular flexibility index (Phi) is 5.50. The van der Waals surface area contributed by atoms with E-state index in [2.05, 4.69) is 25.7 Å². The maximum absolute atomic E-state index is 13.3. The summed E-state index contributed by atoms with van der Waals surface area (Å²) in [7, 11) is 1.82. The van der Waals surface area contributed by atoms with Crippen molar-refractivity contribution in [2.24, 2.45) is 5.92 Å². The van der Waals surface area contributed by atoms with Gasteiger partial charge in [-0.1, -0.05) is 36.4 Å². The number of hydrogen-bond acceptors (Lipinski definition) is 4. The number of pyridine rings is 1. The minimum absolute atomic E-state index is 0.00984. The van der Waals surface area contributed by atoms with Crippen LogP contribution in [0.5, 0.6) is 0 Å². The lowest BCUT2D eigenvalue weighted by molar-refractivity contribution is 0.0772. The molecule has 0 bridgehead atoms. The highest BCUT2D eigenvalue weighted by atomic mass is 16.2. The van der Waals surface area contributed by atoms with E-state index < -0.39 is 0 Å². The van der Waals surface area contributed by atoms with Crippen LogP contribution in [0, 0.1) is 5.92 Å². The number of aromatic nitrogens is 4. The van der Waals surface area contributed by atoms with Crippen LogP contribution in [0.3, 0.4) is 0 Å². The second-order valence-corrected chi connectivity index (χ2v) is 8.35. The molecule has 1 saturated carbocycles. The number of nitrogens with zero attached hydrogens (tertiary/aromatic N) is 5. The summed E-state index contributed by atoms with van der Waals surface area (Å²) >= 11 is 0. The fraction of sp³-hybridized carbons (Fsp3) is 0.231. The molecule has 1 aromatic carbocycles. The largest absolute Gasteiger partial charge is 0.343 e. The van der Waals surface area contributed by atoms with Gasteiger partial charge in [0.05, 0.1) is 12.2 Å². The van der Waals surface area contributed by atoms with Crippen LogP contribution in [0.2, 0.25) is 0 Å². The molecule has 0 atom stereocenters. The van der Waals surface area contributed by atoms with Gasteiger partial charge >= 0.3 is 0 Å². The normalized spacial score (nSPS) is 13.2. The zero-order valence-electron chi connectivity index (χ0n) is 18.1. The molecule has 1 aliphatic carbocycles. The highest BCUT2D eigenvalue weighted by Crippen LogP contribution is 2.33. The van der Waals surface area contributed by atoms with E-state index >= 15 is 0 Å². The molecule has 6 nitrogen and oxygen atoms in total. The highest BCUT2D eigenvalue weighted by Gasteiger charge is 2.26. The van der Waals surface area contributed by atoms with Crippen LogP contribution >= 0.6 is 0 Å². The SMILES string of the molecule is CN(Cc1ccccn1)C(=O)c1cc(-c2cnc(-c3ccccc3)nc2)cn1CC1CC1. The third kappa shape index (κ3) is 4.44. The first-order valence-corrected chi connectivity index (χ1v) is 10.9. The highest BCUT2D eigenvalue weighted by molar-refractivity contribution is 5.94. The van der Waals surface area contributed by atoms with E-state index in [4.69, 9.17) is 0 Å². The fourth-order valence-electron chi connectivity index (χ4n) is 3.79. The minimum atomic E-state index is -0.00984. The van der Waals surface area contributed by atoms with Gasteiger partial charge in [-0.15, -0.1) is 0 Å². The predicted molar refractivity (Wildman–Crippen MR) is 124 cm³/mol. The summed E-state index contributed by atoms with van der Waals surface area (Å²) in [6.45, 7) is 1.33. The van der Waals surface area contributed by atoms with Crippen LogP contribution in [0.25, 0.3) is 22.5 Å². The van der Waals surface area contributed by atoms with Crippen LogP contribution in [-0.2, 0) is 13.1 Å². The molecule has 0 saturated heterocycles. The molecule has 3 aromatic heterocycles. The van der Waals surface area contributed by atoms with Gasteiger partial charge in [-0.25, -0.2) is 9.97 Å². The van der Waals surface area contributed by atoms with Gasteiger partial charge < -0.3 is 9.47 Å². The van der Waals surface area contributed by atoms with E-state index in [0.717, 1.165) is 28.9 Å². The first kappa shape index (κ1) is 20.1. The fourth-order valence-corrected chi connectivity index (χ4v) is 3.79. The maximum atomic E-state index is 13.3. The number of carbonyl (C=O) groups is 1. The molecule has 0 radical (unpaired) electrons. The third-order valence-electron chi connectivity index (χ3n) is 5.76. The first-order chi connectivity index (χ1) is 15.7. The molecular weight excluding hydrogens is 398 g/mol. The lowest BCUT2D eigenvalue weighted by atomic mass is 10.1. The molecule has 0 aliphatic heterocycles. The monoisotopic (exact) mass is 423 g/mol. The zero-order valence-corrected chi connectivity index (χ0v) is 18.1. The van der Waals surface area contributed by atoms with Crippen LogP contribution in [0.15, 0.2) is 79.4 Å². The van der Waals surface area contributed by atoms with Crippen molar-refractivity contribution in [2.75, 3.05) is 7.05 Å². The quantitative estimate of drug-likeness (QED) is 0.433. The smallest absolute Gasteiger partial charge is 0.270 e. The molecule has 0 N–H and O–H groups in total. The third-order valence-corrected chi connectivity index (χ3v) is 5.76. The van der Waals surface area contributed by atoms with E-state index in [9.17, 15) is 4.79 Å². The Morgan fingerprint density at radius 3 is 2.41 bits per heavy atom. The molecular formula is C26H25N5O. The maximum Gasteiger partial charge on any atom is 0.270 e. The van der Waals surface area contributed by atoms with E-state index in [1.165, 1.54) is 12.8 Å². The van der Waals surface area contributed by atoms with Crippen LogP contribution in [-0.4, -0.2) is 37.4 Å². The number of benzene rings is 1. The van der Waals surface area contributed by atoms with E-state index in [0.29, 0.717) is 24.0 Å². The molecule has 6 heteroatoms. The summed E-state index contributed by atoms with van der Waals surface area (Å²) in [5.41, 5.74) is 4.41. The minimum Gasteiger partial charge on any atom is -0.343 e. The Bertz CT molecular complexity index is 1200. The molecule has 32 heavy (non-hydrogen) atoms.